The van der Waals surface area contributed by atoms with Crippen LogP contribution in [-0.4, -0.2) is 30.9 Å². The highest BCUT2D eigenvalue weighted by Gasteiger charge is 2.35. The van der Waals surface area contributed by atoms with E-state index in [1.165, 1.54) is 11.3 Å². The van der Waals surface area contributed by atoms with Gasteiger partial charge in [0.05, 0.1) is 42.2 Å². The van der Waals surface area contributed by atoms with Gasteiger partial charge in [-0.3, -0.25) is 9.36 Å². The molecule has 228 valence electrons. The third-order valence-electron chi connectivity index (χ3n) is 6.89. The molecule has 44 heavy (non-hydrogen) atoms. The summed E-state index contributed by atoms with van der Waals surface area (Å²) in [5.74, 6) is 1.20. The lowest BCUT2D eigenvalue weighted by atomic mass is 9.95. The Kier molecular flexibility index (Phi) is 10.1. The highest BCUT2D eigenvalue weighted by atomic mass is 79.9. The van der Waals surface area contributed by atoms with Crippen LogP contribution in [0.4, 0.5) is 0 Å². The molecule has 1 atom stereocenters. The van der Waals surface area contributed by atoms with Crippen molar-refractivity contribution in [2.24, 2.45) is 4.99 Å². The van der Waals surface area contributed by atoms with Gasteiger partial charge >= 0.3 is 5.97 Å². The van der Waals surface area contributed by atoms with Gasteiger partial charge in [-0.1, -0.05) is 67.5 Å². The number of carbonyl (C=O) groups is 1. The minimum atomic E-state index is -0.805. The zero-order valence-electron chi connectivity index (χ0n) is 24.6. The van der Waals surface area contributed by atoms with Crippen molar-refractivity contribution >= 4 is 55.2 Å². The van der Waals surface area contributed by atoms with Gasteiger partial charge in [-0.05, 0) is 79.9 Å². The molecule has 1 aromatic heterocycles. The lowest BCUT2D eigenvalue weighted by molar-refractivity contribution is -0.139. The average Bonchev–Trinajstić information content (AvgIpc) is 3.31. The Morgan fingerprint density at radius 3 is 2.39 bits per heavy atom. The number of methoxy groups -OCH3 is 1. The summed E-state index contributed by atoms with van der Waals surface area (Å²) >= 11 is 8.36. The van der Waals surface area contributed by atoms with Crippen molar-refractivity contribution in [2.75, 3.05) is 20.3 Å². The van der Waals surface area contributed by atoms with Gasteiger partial charge < -0.3 is 18.9 Å². The Morgan fingerprint density at radius 2 is 1.73 bits per heavy atom. The highest BCUT2D eigenvalue weighted by Crippen LogP contribution is 2.41. The van der Waals surface area contributed by atoms with Gasteiger partial charge in [0.15, 0.2) is 16.3 Å². The number of rotatable bonds is 10. The monoisotopic (exact) mass is 740 g/mol. The van der Waals surface area contributed by atoms with Crippen molar-refractivity contribution in [1.82, 2.24) is 4.57 Å². The number of esters is 1. The molecule has 5 rings (SSSR count). The molecule has 3 aromatic carbocycles. The summed E-state index contributed by atoms with van der Waals surface area (Å²) in [5.41, 5.74) is 3.01. The molecular weight excluding hydrogens is 712 g/mol. The fourth-order valence-electron chi connectivity index (χ4n) is 4.83. The van der Waals surface area contributed by atoms with Crippen molar-refractivity contribution < 1.29 is 23.7 Å². The molecule has 0 unspecified atom stereocenters. The smallest absolute Gasteiger partial charge is 0.338 e. The molecule has 2 heterocycles. The first-order chi connectivity index (χ1) is 21.2. The number of ether oxygens (including phenoxy) is 4. The molecular formula is C33H30Br2N2O6S. The summed E-state index contributed by atoms with van der Waals surface area (Å²) < 4.78 is 26.4. The lowest BCUT2D eigenvalue weighted by Crippen LogP contribution is -2.40. The summed E-state index contributed by atoms with van der Waals surface area (Å²) in [6.45, 7) is 6.45. The third-order valence-corrected chi connectivity index (χ3v) is 9.09. The van der Waals surface area contributed by atoms with Crippen LogP contribution in [-0.2, 0) is 16.1 Å². The van der Waals surface area contributed by atoms with E-state index in [-0.39, 0.29) is 17.7 Å². The number of aromatic nitrogens is 1. The Labute approximate surface area is 275 Å². The Hall–Kier alpha value is -3.67. The number of hydrogen-bond donors (Lipinski definition) is 0. The molecule has 0 amide bonds. The number of nitrogens with zero attached hydrogens (tertiary/aromatic N) is 2. The Balaban J connectivity index is 1.55. The fraction of sp³-hybridized carbons (Fsp3) is 0.242. The van der Waals surface area contributed by atoms with E-state index in [9.17, 15) is 9.59 Å². The minimum absolute atomic E-state index is 0.184. The number of fused-ring (bicyclic) bond motifs is 1. The molecule has 0 radical (unpaired) electrons. The van der Waals surface area contributed by atoms with Crippen LogP contribution in [0.2, 0.25) is 0 Å². The zero-order chi connectivity index (χ0) is 31.4. The summed E-state index contributed by atoms with van der Waals surface area (Å²) in [6, 6.07) is 18.3. The molecule has 0 saturated carbocycles. The van der Waals surface area contributed by atoms with Crippen LogP contribution in [0, 0.1) is 0 Å². The van der Waals surface area contributed by atoms with Crippen molar-refractivity contribution in [3.63, 3.8) is 0 Å². The van der Waals surface area contributed by atoms with Crippen LogP contribution >= 0.6 is 43.2 Å². The maximum absolute atomic E-state index is 14.0. The van der Waals surface area contributed by atoms with Crippen molar-refractivity contribution in [3.8, 4) is 17.2 Å². The lowest BCUT2D eigenvalue weighted by Gasteiger charge is -2.26. The molecule has 0 fully saturated rings. The number of carbonyl (C=O) groups excluding carboxylic acids is 1. The number of halogens is 2. The molecule has 0 aliphatic carbocycles. The van der Waals surface area contributed by atoms with E-state index in [0.717, 1.165) is 21.3 Å². The second-order valence-electron chi connectivity index (χ2n) is 9.74. The molecule has 1 aliphatic heterocycles. The van der Waals surface area contributed by atoms with E-state index in [1.807, 2.05) is 61.5 Å². The SMILES string of the molecule is CCOC(=O)C1=C(C)N=c2s/c(=C/c3ccc(OCc4ccc(Br)cc4)cc3)c(=O)n2[C@H]1c1cc(OC)c(OCC)cc1Br. The van der Waals surface area contributed by atoms with Gasteiger partial charge in [-0.25, -0.2) is 9.79 Å². The van der Waals surface area contributed by atoms with Crippen LogP contribution in [0.25, 0.3) is 6.08 Å². The normalized spacial score (nSPS) is 14.6. The van der Waals surface area contributed by atoms with Crippen LogP contribution in [0.1, 0.15) is 43.5 Å². The molecule has 0 N–H and O–H groups in total. The van der Waals surface area contributed by atoms with E-state index >= 15 is 0 Å². The summed E-state index contributed by atoms with van der Waals surface area (Å²) in [6.07, 6.45) is 1.82. The van der Waals surface area contributed by atoms with Gasteiger partial charge in [-0.15, -0.1) is 0 Å². The third kappa shape index (κ3) is 6.69. The summed E-state index contributed by atoms with van der Waals surface area (Å²) in [4.78, 5) is 32.5. The quantitative estimate of drug-likeness (QED) is 0.177. The summed E-state index contributed by atoms with van der Waals surface area (Å²) in [7, 11) is 1.55. The van der Waals surface area contributed by atoms with E-state index in [2.05, 4.69) is 36.9 Å². The van der Waals surface area contributed by atoms with Crippen LogP contribution in [0.3, 0.4) is 0 Å². The van der Waals surface area contributed by atoms with E-state index < -0.39 is 12.0 Å². The van der Waals surface area contributed by atoms with Crippen molar-refractivity contribution in [1.29, 1.82) is 0 Å². The first-order valence-electron chi connectivity index (χ1n) is 13.9. The standard InChI is InChI=1S/C33H30Br2N2O6S/c1-5-41-27-17-25(35)24(16-26(27)40-4)30-29(32(39)42-6-2)19(3)36-33-37(30)31(38)28(44-33)15-20-9-13-23(14-10-20)43-18-21-7-11-22(34)12-8-21/h7-17,30H,5-6,18H2,1-4H3/b28-15+/t30-/m0/s1. The van der Waals surface area contributed by atoms with Gasteiger partial charge in [0, 0.05) is 8.95 Å². The predicted octanol–water partition coefficient (Wildman–Crippen LogP) is 6.31. The maximum atomic E-state index is 14.0. The number of benzene rings is 3. The molecule has 0 spiro atoms. The van der Waals surface area contributed by atoms with Crippen LogP contribution in [0.5, 0.6) is 17.2 Å². The molecule has 1 aliphatic rings. The number of hydrogen-bond acceptors (Lipinski definition) is 8. The summed E-state index contributed by atoms with van der Waals surface area (Å²) in [5, 5.41) is 0. The van der Waals surface area contributed by atoms with Gasteiger partial charge in [0.25, 0.3) is 5.56 Å². The van der Waals surface area contributed by atoms with E-state index in [1.54, 1.807) is 37.7 Å². The Bertz CT molecular complexity index is 1900. The predicted molar refractivity (Wildman–Crippen MR) is 177 cm³/mol. The largest absolute Gasteiger partial charge is 0.493 e. The zero-order valence-corrected chi connectivity index (χ0v) is 28.5. The van der Waals surface area contributed by atoms with Gasteiger partial charge in [-0.2, -0.15) is 0 Å². The average molecular weight is 742 g/mol. The van der Waals surface area contributed by atoms with Crippen LogP contribution in [0.15, 0.2) is 90.7 Å². The number of allylic oxidation sites excluding steroid dienone is 1. The van der Waals surface area contributed by atoms with Gasteiger partial charge in [0.2, 0.25) is 0 Å². The second-order valence-corrected chi connectivity index (χ2v) is 12.5. The minimum Gasteiger partial charge on any atom is -0.493 e. The Morgan fingerprint density at radius 1 is 1.00 bits per heavy atom. The van der Waals surface area contributed by atoms with Crippen LogP contribution < -0.4 is 29.1 Å². The first-order valence-corrected chi connectivity index (χ1v) is 16.3. The van der Waals surface area contributed by atoms with E-state index in [0.29, 0.717) is 49.8 Å². The molecule has 4 aromatic rings. The van der Waals surface area contributed by atoms with Gasteiger partial charge in [0.1, 0.15) is 12.4 Å². The van der Waals surface area contributed by atoms with E-state index in [4.69, 9.17) is 18.9 Å². The van der Waals surface area contributed by atoms with Crippen molar-refractivity contribution in [3.05, 3.63) is 117 Å². The molecule has 8 nitrogen and oxygen atoms in total. The second kappa shape index (κ2) is 14.0. The fourth-order valence-corrected chi connectivity index (χ4v) is 6.68. The number of thiazole rings is 1. The first kappa shape index (κ1) is 31.7. The maximum Gasteiger partial charge on any atom is 0.338 e. The molecule has 11 heteroatoms. The van der Waals surface area contributed by atoms with Crippen molar-refractivity contribution in [2.45, 2.75) is 33.4 Å². The highest BCUT2D eigenvalue weighted by molar-refractivity contribution is 9.10. The molecule has 0 saturated heterocycles. The topological polar surface area (TPSA) is 88.4 Å². The molecule has 0 bridgehead atoms.